The molecular formula is C13H26N2O6. The monoisotopic (exact) mass is 306 g/mol. The van der Waals surface area contributed by atoms with Crippen molar-refractivity contribution in [2.75, 3.05) is 54.2 Å². The predicted molar refractivity (Wildman–Crippen MR) is 76.4 cm³/mol. The summed E-state index contributed by atoms with van der Waals surface area (Å²) in [5.41, 5.74) is 0. The van der Waals surface area contributed by atoms with Crippen molar-refractivity contribution >= 4 is 12.0 Å². The molecule has 0 spiro atoms. The van der Waals surface area contributed by atoms with Crippen molar-refractivity contribution < 1.29 is 28.9 Å². The zero-order valence-electron chi connectivity index (χ0n) is 13.0. The van der Waals surface area contributed by atoms with Gasteiger partial charge in [-0.05, 0) is 12.8 Å². The zero-order valence-corrected chi connectivity index (χ0v) is 13.0. The lowest BCUT2D eigenvalue weighted by molar-refractivity contribution is -0.139. The summed E-state index contributed by atoms with van der Waals surface area (Å²) in [6.45, 7) is 1.94. The zero-order chi connectivity index (χ0) is 16.1. The van der Waals surface area contributed by atoms with Crippen LogP contribution in [0.25, 0.3) is 0 Å². The summed E-state index contributed by atoms with van der Waals surface area (Å²) in [4.78, 5) is 24.7. The normalized spacial score (nSPS) is 12.0. The minimum Gasteiger partial charge on any atom is -0.480 e. The molecule has 1 unspecified atom stereocenters. The molecule has 2 N–H and O–H groups in total. The molecule has 21 heavy (non-hydrogen) atoms. The first-order chi connectivity index (χ1) is 10.1. The second-order valence-electron chi connectivity index (χ2n) is 4.45. The molecule has 0 aliphatic carbocycles. The van der Waals surface area contributed by atoms with E-state index in [1.54, 1.807) is 7.11 Å². The van der Waals surface area contributed by atoms with Crippen molar-refractivity contribution in [2.24, 2.45) is 0 Å². The van der Waals surface area contributed by atoms with E-state index in [4.69, 9.17) is 19.3 Å². The van der Waals surface area contributed by atoms with Crippen molar-refractivity contribution in [3.8, 4) is 0 Å². The van der Waals surface area contributed by atoms with Crippen LogP contribution in [0.2, 0.25) is 0 Å². The van der Waals surface area contributed by atoms with Crippen LogP contribution in [0.4, 0.5) is 4.79 Å². The summed E-state index contributed by atoms with van der Waals surface area (Å²) in [5, 5.41) is 11.6. The minimum absolute atomic E-state index is 0.317. The molecule has 0 aliphatic heterocycles. The van der Waals surface area contributed by atoms with Crippen LogP contribution in [0.1, 0.15) is 12.8 Å². The third-order valence-electron chi connectivity index (χ3n) is 2.85. The van der Waals surface area contributed by atoms with E-state index in [-0.39, 0.29) is 0 Å². The molecule has 2 amide bonds. The van der Waals surface area contributed by atoms with Gasteiger partial charge in [-0.15, -0.1) is 0 Å². The Bertz CT molecular complexity index is 292. The predicted octanol–water partition coefficient (Wildman–Crippen LogP) is 0.171. The number of carboxylic acid groups (broad SMARTS) is 1. The Morgan fingerprint density at radius 2 is 1.57 bits per heavy atom. The molecule has 0 aromatic heterocycles. The van der Waals surface area contributed by atoms with Gasteiger partial charge < -0.3 is 29.5 Å². The number of carbonyl (C=O) groups excluding carboxylic acids is 1. The summed E-state index contributed by atoms with van der Waals surface area (Å²) < 4.78 is 14.8. The number of aliphatic carboxylic acids is 1. The van der Waals surface area contributed by atoms with E-state index in [0.717, 1.165) is 0 Å². The molecule has 124 valence electrons. The van der Waals surface area contributed by atoms with E-state index >= 15 is 0 Å². The first-order valence-corrected chi connectivity index (χ1v) is 6.81. The molecule has 0 aromatic rings. The maximum Gasteiger partial charge on any atom is 0.326 e. The molecule has 0 aromatic carbocycles. The summed E-state index contributed by atoms with van der Waals surface area (Å²) in [6, 6.07) is -1.37. The van der Waals surface area contributed by atoms with Crippen LogP contribution in [-0.2, 0) is 19.0 Å². The average Bonchev–Trinajstić information content (AvgIpc) is 2.46. The smallest absolute Gasteiger partial charge is 0.326 e. The fourth-order valence-corrected chi connectivity index (χ4v) is 1.65. The molecule has 0 fully saturated rings. The molecule has 0 heterocycles. The third-order valence-corrected chi connectivity index (χ3v) is 2.85. The summed E-state index contributed by atoms with van der Waals surface area (Å²) >= 11 is 0. The number of hydrogen-bond acceptors (Lipinski definition) is 5. The maximum absolute atomic E-state index is 12.1. The van der Waals surface area contributed by atoms with Gasteiger partial charge in [-0.3, -0.25) is 0 Å². The number of carboxylic acids is 1. The van der Waals surface area contributed by atoms with E-state index in [1.807, 2.05) is 0 Å². The molecule has 0 radical (unpaired) electrons. The van der Waals surface area contributed by atoms with Crippen molar-refractivity contribution in [3.05, 3.63) is 0 Å². The highest BCUT2D eigenvalue weighted by Crippen LogP contribution is 2.00. The standard InChI is InChI=1S/C13H26N2O6/c1-19-8-4-5-11(12(16)17)14-13(18)15(6-9-20-2)7-10-21-3/h11H,4-10H2,1-3H3,(H,14,18)(H,16,17). The number of rotatable bonds is 12. The fourth-order valence-electron chi connectivity index (χ4n) is 1.65. The Hall–Kier alpha value is -1.38. The number of urea groups is 1. The topological polar surface area (TPSA) is 97.3 Å². The molecule has 8 nitrogen and oxygen atoms in total. The highest BCUT2D eigenvalue weighted by Gasteiger charge is 2.22. The van der Waals surface area contributed by atoms with Gasteiger partial charge in [-0.1, -0.05) is 0 Å². The van der Waals surface area contributed by atoms with Crippen LogP contribution >= 0.6 is 0 Å². The molecule has 0 saturated heterocycles. The number of hydrogen-bond donors (Lipinski definition) is 2. The fraction of sp³-hybridized carbons (Fsp3) is 0.846. The van der Waals surface area contributed by atoms with Crippen LogP contribution in [0, 0.1) is 0 Å². The Morgan fingerprint density at radius 1 is 1.05 bits per heavy atom. The highest BCUT2D eigenvalue weighted by atomic mass is 16.5. The number of nitrogens with one attached hydrogen (secondary N) is 1. The van der Waals surface area contributed by atoms with Gasteiger partial charge in [0, 0.05) is 41.0 Å². The van der Waals surface area contributed by atoms with Gasteiger partial charge in [0.2, 0.25) is 0 Å². The molecule has 0 aliphatic rings. The summed E-state index contributed by atoms with van der Waals surface area (Å²) in [5.74, 6) is -1.06. The number of ether oxygens (including phenoxy) is 3. The maximum atomic E-state index is 12.1. The first kappa shape index (κ1) is 19.6. The minimum atomic E-state index is -1.06. The number of amides is 2. The lowest BCUT2D eigenvalue weighted by Gasteiger charge is -2.24. The van der Waals surface area contributed by atoms with Crippen LogP contribution in [0.3, 0.4) is 0 Å². The summed E-state index contributed by atoms with van der Waals surface area (Å²) in [6.07, 6.45) is 0.876. The third kappa shape index (κ3) is 9.22. The molecule has 0 saturated carbocycles. The van der Waals surface area contributed by atoms with Crippen molar-refractivity contribution in [3.63, 3.8) is 0 Å². The van der Waals surface area contributed by atoms with Crippen molar-refractivity contribution in [1.82, 2.24) is 10.2 Å². The van der Waals surface area contributed by atoms with Gasteiger partial charge in [0.1, 0.15) is 6.04 Å². The first-order valence-electron chi connectivity index (χ1n) is 6.81. The van der Waals surface area contributed by atoms with E-state index in [2.05, 4.69) is 5.32 Å². The Balaban J connectivity index is 4.46. The second-order valence-corrected chi connectivity index (χ2v) is 4.45. The highest BCUT2D eigenvalue weighted by molar-refractivity contribution is 5.82. The van der Waals surface area contributed by atoms with E-state index in [9.17, 15) is 9.59 Å². The average molecular weight is 306 g/mol. The SMILES string of the molecule is COCCCC(NC(=O)N(CCOC)CCOC)C(=O)O. The Labute approximate surface area is 125 Å². The van der Waals surface area contributed by atoms with Crippen molar-refractivity contribution in [2.45, 2.75) is 18.9 Å². The molecular weight excluding hydrogens is 280 g/mol. The largest absolute Gasteiger partial charge is 0.480 e. The molecule has 1 atom stereocenters. The lowest BCUT2D eigenvalue weighted by Crippen LogP contribution is -2.49. The molecule has 0 rings (SSSR count). The van der Waals surface area contributed by atoms with Crippen LogP contribution < -0.4 is 5.32 Å². The van der Waals surface area contributed by atoms with Crippen LogP contribution in [0.5, 0.6) is 0 Å². The van der Waals surface area contributed by atoms with Gasteiger partial charge in [-0.2, -0.15) is 0 Å². The van der Waals surface area contributed by atoms with Gasteiger partial charge in [0.15, 0.2) is 0 Å². The number of nitrogens with zero attached hydrogens (tertiary/aromatic N) is 1. The number of carbonyl (C=O) groups is 2. The molecule has 0 bridgehead atoms. The number of methoxy groups -OCH3 is 3. The molecule has 8 heteroatoms. The van der Waals surface area contributed by atoms with Gasteiger partial charge in [0.05, 0.1) is 13.2 Å². The van der Waals surface area contributed by atoms with E-state index in [1.165, 1.54) is 19.1 Å². The van der Waals surface area contributed by atoms with Gasteiger partial charge >= 0.3 is 12.0 Å². The van der Waals surface area contributed by atoms with E-state index < -0.39 is 18.0 Å². The van der Waals surface area contributed by atoms with Crippen LogP contribution in [0.15, 0.2) is 0 Å². The van der Waals surface area contributed by atoms with E-state index in [0.29, 0.717) is 45.8 Å². The van der Waals surface area contributed by atoms with Gasteiger partial charge in [0.25, 0.3) is 0 Å². The Morgan fingerprint density at radius 3 is 2.00 bits per heavy atom. The van der Waals surface area contributed by atoms with Crippen molar-refractivity contribution in [1.29, 1.82) is 0 Å². The quantitative estimate of drug-likeness (QED) is 0.499. The lowest BCUT2D eigenvalue weighted by atomic mass is 10.1. The van der Waals surface area contributed by atoms with Crippen LogP contribution in [-0.4, -0.2) is 82.3 Å². The summed E-state index contributed by atoms with van der Waals surface area (Å²) in [7, 11) is 4.63. The Kier molecular flexibility index (Phi) is 11.6. The van der Waals surface area contributed by atoms with Gasteiger partial charge in [-0.25, -0.2) is 9.59 Å². The second kappa shape index (κ2) is 12.4.